The topological polar surface area (TPSA) is 29.3 Å². The molecular weight excluding hydrogens is 220 g/mol. The van der Waals surface area contributed by atoms with E-state index in [0.717, 1.165) is 18.5 Å². The molecule has 1 unspecified atom stereocenters. The molecule has 0 aromatic heterocycles. The maximum absolute atomic E-state index is 5.91. The molecular formula is C16H24N2. The summed E-state index contributed by atoms with van der Waals surface area (Å²) in [4.78, 5) is 2.70. The molecule has 0 bridgehead atoms. The second-order valence-corrected chi connectivity index (χ2v) is 5.86. The molecule has 1 atom stereocenters. The van der Waals surface area contributed by atoms with Crippen LogP contribution in [0.3, 0.4) is 0 Å². The van der Waals surface area contributed by atoms with Gasteiger partial charge in [0.05, 0.1) is 0 Å². The van der Waals surface area contributed by atoms with Crippen molar-refractivity contribution in [3.8, 4) is 0 Å². The smallest absolute Gasteiger partial charge is 0.0221 e. The zero-order valence-corrected chi connectivity index (χ0v) is 11.1. The molecule has 0 radical (unpaired) electrons. The lowest BCUT2D eigenvalue weighted by Gasteiger charge is -2.48. The summed E-state index contributed by atoms with van der Waals surface area (Å²) in [6.45, 7) is 2.11. The Morgan fingerprint density at radius 1 is 1.11 bits per heavy atom. The van der Waals surface area contributed by atoms with Crippen LogP contribution in [0.25, 0.3) is 0 Å². The Bertz CT molecular complexity index is 370. The average molecular weight is 244 g/mol. The maximum Gasteiger partial charge on any atom is 0.0221 e. The first-order chi connectivity index (χ1) is 8.88. The quantitative estimate of drug-likeness (QED) is 0.886. The lowest BCUT2D eigenvalue weighted by atomic mass is 9.74. The van der Waals surface area contributed by atoms with Crippen LogP contribution in [0.4, 0.5) is 0 Å². The predicted molar refractivity (Wildman–Crippen MR) is 75.6 cm³/mol. The molecule has 1 saturated heterocycles. The Morgan fingerprint density at radius 3 is 2.61 bits per heavy atom. The first kappa shape index (κ1) is 12.2. The zero-order valence-electron chi connectivity index (χ0n) is 11.1. The van der Waals surface area contributed by atoms with Gasteiger partial charge in [0.15, 0.2) is 0 Å². The van der Waals surface area contributed by atoms with Crippen molar-refractivity contribution in [2.24, 2.45) is 5.73 Å². The van der Waals surface area contributed by atoms with E-state index in [0.29, 0.717) is 6.04 Å². The van der Waals surface area contributed by atoms with E-state index >= 15 is 0 Å². The van der Waals surface area contributed by atoms with E-state index in [1.54, 1.807) is 0 Å². The number of piperidine rings is 1. The van der Waals surface area contributed by atoms with Crippen molar-refractivity contribution in [3.63, 3.8) is 0 Å². The Kier molecular flexibility index (Phi) is 3.67. The molecule has 2 fully saturated rings. The van der Waals surface area contributed by atoms with E-state index in [2.05, 4.69) is 35.2 Å². The highest BCUT2D eigenvalue weighted by Gasteiger charge is 2.37. The minimum absolute atomic E-state index is 0.653. The Morgan fingerprint density at radius 2 is 1.89 bits per heavy atom. The molecule has 2 heteroatoms. The van der Waals surface area contributed by atoms with Crippen LogP contribution < -0.4 is 5.73 Å². The molecule has 0 spiro atoms. The van der Waals surface area contributed by atoms with Gasteiger partial charge in [-0.25, -0.2) is 0 Å². The summed E-state index contributed by atoms with van der Waals surface area (Å²) in [7, 11) is 0. The van der Waals surface area contributed by atoms with Gasteiger partial charge < -0.3 is 5.73 Å². The summed E-state index contributed by atoms with van der Waals surface area (Å²) in [5.74, 6) is 0.788. The van der Waals surface area contributed by atoms with E-state index in [1.165, 1.54) is 44.2 Å². The minimum atomic E-state index is 0.653. The third kappa shape index (κ3) is 2.32. The fourth-order valence-electron chi connectivity index (χ4n) is 3.61. The highest BCUT2D eigenvalue weighted by molar-refractivity contribution is 5.23. The fourth-order valence-corrected chi connectivity index (χ4v) is 3.61. The first-order valence-corrected chi connectivity index (χ1v) is 7.39. The molecule has 1 aromatic rings. The molecule has 1 heterocycles. The lowest BCUT2D eigenvalue weighted by molar-refractivity contribution is 0.0438. The molecule has 0 amide bonds. The van der Waals surface area contributed by atoms with Crippen molar-refractivity contribution in [1.82, 2.24) is 4.90 Å². The summed E-state index contributed by atoms with van der Waals surface area (Å²) in [5, 5.41) is 0. The Hall–Kier alpha value is -0.860. The summed E-state index contributed by atoms with van der Waals surface area (Å²) in [5.41, 5.74) is 7.44. The number of nitrogens with two attached hydrogens (primary N) is 1. The van der Waals surface area contributed by atoms with Crippen LogP contribution in [0.15, 0.2) is 30.3 Å². The fraction of sp³-hybridized carbons (Fsp3) is 0.625. The predicted octanol–water partition coefficient (Wildman–Crippen LogP) is 2.75. The number of benzene rings is 1. The van der Waals surface area contributed by atoms with Gasteiger partial charge in [-0.05, 0) is 43.7 Å². The van der Waals surface area contributed by atoms with Crippen LogP contribution in [0.1, 0.15) is 43.6 Å². The van der Waals surface area contributed by atoms with Gasteiger partial charge in [0.2, 0.25) is 0 Å². The maximum atomic E-state index is 5.91. The monoisotopic (exact) mass is 244 g/mol. The van der Waals surface area contributed by atoms with E-state index in [1.807, 2.05) is 0 Å². The third-order valence-corrected chi connectivity index (χ3v) is 4.80. The molecule has 1 saturated carbocycles. The molecule has 3 rings (SSSR count). The van der Waals surface area contributed by atoms with Gasteiger partial charge >= 0.3 is 0 Å². The van der Waals surface area contributed by atoms with Crippen molar-refractivity contribution in [2.75, 3.05) is 13.1 Å². The summed E-state index contributed by atoms with van der Waals surface area (Å²) in [6, 6.07) is 12.4. The summed E-state index contributed by atoms with van der Waals surface area (Å²) >= 11 is 0. The van der Waals surface area contributed by atoms with Crippen LogP contribution in [0.5, 0.6) is 0 Å². The van der Waals surface area contributed by atoms with Crippen LogP contribution >= 0.6 is 0 Å². The van der Waals surface area contributed by atoms with Gasteiger partial charge in [-0.15, -0.1) is 0 Å². The number of rotatable bonds is 3. The largest absolute Gasteiger partial charge is 0.329 e. The number of hydrogen-bond acceptors (Lipinski definition) is 2. The van der Waals surface area contributed by atoms with Gasteiger partial charge in [-0.1, -0.05) is 36.8 Å². The SMILES string of the molecule is NCC1CCCCN1C1CC(c2ccccc2)C1. The van der Waals surface area contributed by atoms with Gasteiger partial charge in [0.1, 0.15) is 0 Å². The molecule has 2 aliphatic rings. The van der Waals surface area contributed by atoms with E-state index in [4.69, 9.17) is 5.73 Å². The van der Waals surface area contributed by atoms with Gasteiger partial charge in [-0.3, -0.25) is 4.90 Å². The van der Waals surface area contributed by atoms with Crippen molar-refractivity contribution in [3.05, 3.63) is 35.9 Å². The van der Waals surface area contributed by atoms with Crippen LogP contribution in [0.2, 0.25) is 0 Å². The standard InChI is InChI=1S/C16H24N2/c17-12-15-8-4-5-9-18(15)16-10-14(11-16)13-6-2-1-3-7-13/h1-3,6-7,14-16H,4-5,8-12,17H2. The van der Waals surface area contributed by atoms with Crippen LogP contribution in [0, 0.1) is 0 Å². The van der Waals surface area contributed by atoms with E-state index in [9.17, 15) is 0 Å². The Labute approximate surface area is 110 Å². The van der Waals surface area contributed by atoms with Crippen molar-refractivity contribution >= 4 is 0 Å². The van der Waals surface area contributed by atoms with Crippen molar-refractivity contribution < 1.29 is 0 Å². The van der Waals surface area contributed by atoms with Crippen molar-refractivity contribution in [1.29, 1.82) is 0 Å². The molecule has 98 valence electrons. The molecule has 1 aliphatic carbocycles. The molecule has 18 heavy (non-hydrogen) atoms. The minimum Gasteiger partial charge on any atom is -0.329 e. The normalized spacial score (nSPS) is 33.1. The number of likely N-dealkylation sites (tertiary alicyclic amines) is 1. The highest BCUT2D eigenvalue weighted by Crippen LogP contribution is 2.41. The van der Waals surface area contributed by atoms with Crippen LogP contribution in [-0.4, -0.2) is 30.1 Å². The Balaban J connectivity index is 1.58. The molecule has 1 aliphatic heterocycles. The molecule has 1 aromatic carbocycles. The highest BCUT2D eigenvalue weighted by atomic mass is 15.2. The van der Waals surface area contributed by atoms with E-state index in [-0.39, 0.29) is 0 Å². The average Bonchev–Trinajstić information content (AvgIpc) is 2.39. The zero-order chi connectivity index (χ0) is 12.4. The van der Waals surface area contributed by atoms with E-state index < -0.39 is 0 Å². The van der Waals surface area contributed by atoms with Crippen LogP contribution in [-0.2, 0) is 0 Å². The molecule has 2 N–H and O–H groups in total. The van der Waals surface area contributed by atoms with Crippen molar-refractivity contribution in [2.45, 2.75) is 50.1 Å². The number of hydrogen-bond donors (Lipinski definition) is 1. The molecule has 2 nitrogen and oxygen atoms in total. The first-order valence-electron chi connectivity index (χ1n) is 7.39. The van der Waals surface area contributed by atoms with Gasteiger partial charge in [-0.2, -0.15) is 0 Å². The van der Waals surface area contributed by atoms with Gasteiger partial charge in [0.25, 0.3) is 0 Å². The summed E-state index contributed by atoms with van der Waals surface area (Å²) < 4.78 is 0. The second kappa shape index (κ2) is 5.41. The lowest BCUT2D eigenvalue weighted by Crippen LogP contribution is -2.53. The summed E-state index contributed by atoms with van der Waals surface area (Å²) in [6.07, 6.45) is 6.71. The number of nitrogens with zero attached hydrogens (tertiary/aromatic N) is 1. The second-order valence-electron chi connectivity index (χ2n) is 5.86. The third-order valence-electron chi connectivity index (χ3n) is 4.80. The van der Waals surface area contributed by atoms with Gasteiger partial charge in [0, 0.05) is 18.6 Å².